The topological polar surface area (TPSA) is 49.4 Å². The maximum absolute atomic E-state index is 12.7. The Morgan fingerprint density at radius 1 is 1.20 bits per heavy atom. The first-order valence-corrected chi connectivity index (χ1v) is 8.88. The van der Waals surface area contributed by atoms with Gasteiger partial charge in [-0.25, -0.2) is 8.42 Å². The first-order valence-electron chi connectivity index (χ1n) is 7.44. The van der Waals surface area contributed by atoms with Crippen molar-refractivity contribution in [3.8, 4) is 0 Å². The lowest BCUT2D eigenvalue weighted by Crippen LogP contribution is -2.38. The molecular formula is C15H22N2O2S. The molecule has 3 rings (SSSR count). The third-order valence-electron chi connectivity index (χ3n) is 4.60. The predicted octanol–water partition coefficient (Wildman–Crippen LogP) is 2.10. The molecule has 0 saturated carbocycles. The van der Waals surface area contributed by atoms with Crippen LogP contribution in [0.4, 0.5) is 0 Å². The van der Waals surface area contributed by atoms with Gasteiger partial charge in [0, 0.05) is 26.2 Å². The minimum absolute atomic E-state index is 0.454. The van der Waals surface area contributed by atoms with E-state index in [1.807, 2.05) is 12.1 Å². The molecule has 1 fully saturated rings. The highest BCUT2D eigenvalue weighted by Crippen LogP contribution is 2.27. The number of piperidine rings is 1. The van der Waals surface area contributed by atoms with Crippen molar-refractivity contribution < 1.29 is 8.42 Å². The van der Waals surface area contributed by atoms with Crippen molar-refractivity contribution in [2.75, 3.05) is 13.1 Å². The molecule has 2 aliphatic rings. The van der Waals surface area contributed by atoms with E-state index in [-0.39, 0.29) is 0 Å². The molecule has 20 heavy (non-hydrogen) atoms. The number of hydrogen-bond acceptors (Lipinski definition) is 3. The summed E-state index contributed by atoms with van der Waals surface area (Å²) in [5.74, 6) is 0.686. The molecule has 4 nitrogen and oxygen atoms in total. The smallest absolute Gasteiger partial charge is 0.243 e. The fourth-order valence-electron chi connectivity index (χ4n) is 3.14. The standard InChI is InChI=1S/C15H22N2O2S/c1-2-12-5-7-17(8-6-12)20(18,19)15-4-3-13-10-16-11-14(13)9-15/h3-4,9,12,16H,2,5-8,10-11H2,1H3. The second-order valence-corrected chi connectivity index (χ2v) is 7.73. The molecule has 0 amide bonds. The van der Waals surface area contributed by atoms with Crippen LogP contribution in [0.3, 0.4) is 0 Å². The molecule has 110 valence electrons. The van der Waals surface area contributed by atoms with Crippen LogP contribution in [-0.2, 0) is 23.1 Å². The predicted molar refractivity (Wildman–Crippen MR) is 78.8 cm³/mol. The molecule has 2 aliphatic heterocycles. The van der Waals surface area contributed by atoms with Gasteiger partial charge in [0.25, 0.3) is 0 Å². The lowest BCUT2D eigenvalue weighted by molar-refractivity contribution is 0.269. The van der Waals surface area contributed by atoms with Gasteiger partial charge < -0.3 is 5.32 Å². The molecule has 0 atom stereocenters. The molecule has 1 N–H and O–H groups in total. The van der Waals surface area contributed by atoms with Crippen molar-refractivity contribution >= 4 is 10.0 Å². The van der Waals surface area contributed by atoms with Crippen molar-refractivity contribution in [2.45, 2.75) is 44.2 Å². The molecule has 1 saturated heterocycles. The summed E-state index contributed by atoms with van der Waals surface area (Å²) < 4.78 is 27.0. The molecule has 0 unspecified atom stereocenters. The van der Waals surface area contributed by atoms with E-state index in [1.165, 1.54) is 5.56 Å². The zero-order valence-electron chi connectivity index (χ0n) is 11.9. The third kappa shape index (κ3) is 2.50. The minimum Gasteiger partial charge on any atom is -0.309 e. The summed E-state index contributed by atoms with van der Waals surface area (Å²) in [5, 5.41) is 3.25. The molecule has 5 heteroatoms. The van der Waals surface area contributed by atoms with Crippen molar-refractivity contribution in [2.24, 2.45) is 5.92 Å². The zero-order valence-corrected chi connectivity index (χ0v) is 12.7. The van der Waals surface area contributed by atoms with Crippen LogP contribution >= 0.6 is 0 Å². The van der Waals surface area contributed by atoms with Crippen LogP contribution in [0.5, 0.6) is 0 Å². The van der Waals surface area contributed by atoms with E-state index in [9.17, 15) is 8.42 Å². The molecule has 0 bridgehead atoms. The molecule has 0 aromatic heterocycles. The molecular weight excluding hydrogens is 272 g/mol. The summed E-state index contributed by atoms with van der Waals surface area (Å²) in [7, 11) is -3.31. The van der Waals surface area contributed by atoms with E-state index in [1.54, 1.807) is 10.4 Å². The van der Waals surface area contributed by atoms with Crippen LogP contribution in [0.2, 0.25) is 0 Å². The number of rotatable bonds is 3. The summed E-state index contributed by atoms with van der Waals surface area (Å²) in [6, 6.07) is 5.55. The van der Waals surface area contributed by atoms with Crippen LogP contribution in [0.15, 0.2) is 23.1 Å². The van der Waals surface area contributed by atoms with Crippen LogP contribution in [0.25, 0.3) is 0 Å². The first-order chi connectivity index (χ1) is 9.61. The van der Waals surface area contributed by atoms with E-state index < -0.39 is 10.0 Å². The van der Waals surface area contributed by atoms with Crippen molar-refractivity contribution in [3.05, 3.63) is 29.3 Å². The Balaban J connectivity index is 1.82. The fraction of sp³-hybridized carbons (Fsp3) is 0.600. The molecule has 1 aromatic carbocycles. The Labute approximate surface area is 121 Å². The van der Waals surface area contributed by atoms with Crippen LogP contribution in [-0.4, -0.2) is 25.8 Å². The van der Waals surface area contributed by atoms with E-state index in [4.69, 9.17) is 0 Å². The van der Waals surface area contributed by atoms with Gasteiger partial charge in [0.05, 0.1) is 4.90 Å². The lowest BCUT2D eigenvalue weighted by Gasteiger charge is -2.30. The lowest BCUT2D eigenvalue weighted by atomic mass is 9.96. The highest BCUT2D eigenvalue weighted by Gasteiger charge is 2.29. The van der Waals surface area contributed by atoms with Gasteiger partial charge in [-0.3, -0.25) is 0 Å². The normalized spacial score (nSPS) is 21.1. The maximum atomic E-state index is 12.7. The number of nitrogens with zero attached hydrogens (tertiary/aromatic N) is 1. The summed E-state index contributed by atoms with van der Waals surface area (Å²) >= 11 is 0. The van der Waals surface area contributed by atoms with Gasteiger partial charge in [0.2, 0.25) is 10.0 Å². The molecule has 1 aromatic rings. The quantitative estimate of drug-likeness (QED) is 0.929. The number of sulfonamides is 1. The van der Waals surface area contributed by atoms with Crippen LogP contribution in [0, 0.1) is 5.92 Å². The first kappa shape index (κ1) is 14.0. The maximum Gasteiger partial charge on any atom is 0.243 e. The Morgan fingerprint density at radius 3 is 2.60 bits per heavy atom. The van der Waals surface area contributed by atoms with Crippen LogP contribution < -0.4 is 5.32 Å². The molecule has 2 heterocycles. The zero-order chi connectivity index (χ0) is 14.2. The largest absolute Gasteiger partial charge is 0.309 e. The van der Waals surface area contributed by atoms with Gasteiger partial charge in [-0.15, -0.1) is 0 Å². The fourth-order valence-corrected chi connectivity index (χ4v) is 4.66. The Kier molecular flexibility index (Phi) is 3.84. The monoisotopic (exact) mass is 294 g/mol. The number of hydrogen-bond donors (Lipinski definition) is 1. The summed E-state index contributed by atoms with van der Waals surface area (Å²) in [6.07, 6.45) is 3.13. The van der Waals surface area contributed by atoms with E-state index in [0.29, 0.717) is 23.9 Å². The average molecular weight is 294 g/mol. The molecule has 0 radical (unpaired) electrons. The number of benzene rings is 1. The van der Waals surface area contributed by atoms with Gasteiger partial charge in [-0.05, 0) is 42.0 Å². The van der Waals surface area contributed by atoms with Crippen molar-refractivity contribution in [1.82, 2.24) is 9.62 Å². The summed E-state index contributed by atoms with van der Waals surface area (Å²) in [4.78, 5) is 0.454. The van der Waals surface area contributed by atoms with Gasteiger partial charge in [0.15, 0.2) is 0 Å². The second kappa shape index (κ2) is 5.47. The highest BCUT2D eigenvalue weighted by molar-refractivity contribution is 7.89. The second-order valence-electron chi connectivity index (χ2n) is 5.79. The van der Waals surface area contributed by atoms with E-state index in [2.05, 4.69) is 12.2 Å². The van der Waals surface area contributed by atoms with E-state index in [0.717, 1.165) is 37.9 Å². The van der Waals surface area contributed by atoms with Gasteiger partial charge in [0.1, 0.15) is 0 Å². The van der Waals surface area contributed by atoms with Gasteiger partial charge in [-0.2, -0.15) is 4.31 Å². The average Bonchev–Trinajstić information content (AvgIpc) is 2.94. The summed E-state index contributed by atoms with van der Waals surface area (Å²) in [6.45, 7) is 5.13. The Morgan fingerprint density at radius 2 is 1.90 bits per heavy atom. The number of nitrogens with one attached hydrogen (secondary N) is 1. The van der Waals surface area contributed by atoms with Crippen LogP contribution in [0.1, 0.15) is 37.3 Å². The third-order valence-corrected chi connectivity index (χ3v) is 6.49. The SMILES string of the molecule is CCC1CCN(S(=O)(=O)c2ccc3c(c2)CNC3)CC1. The van der Waals surface area contributed by atoms with E-state index >= 15 is 0 Å². The summed E-state index contributed by atoms with van der Waals surface area (Å²) in [5.41, 5.74) is 2.34. The Hall–Kier alpha value is -0.910. The number of fused-ring (bicyclic) bond motifs is 1. The van der Waals surface area contributed by atoms with Crippen molar-refractivity contribution in [1.29, 1.82) is 0 Å². The Bertz CT molecular complexity index is 590. The van der Waals surface area contributed by atoms with Crippen molar-refractivity contribution in [3.63, 3.8) is 0 Å². The minimum atomic E-state index is -3.31. The highest BCUT2D eigenvalue weighted by atomic mass is 32.2. The van der Waals surface area contributed by atoms with Gasteiger partial charge >= 0.3 is 0 Å². The molecule has 0 spiro atoms. The van der Waals surface area contributed by atoms with Gasteiger partial charge in [-0.1, -0.05) is 19.4 Å². The molecule has 0 aliphatic carbocycles.